The van der Waals surface area contributed by atoms with Crippen LogP contribution in [0.3, 0.4) is 0 Å². The maximum atomic E-state index is 13.2. The van der Waals surface area contributed by atoms with Crippen LogP contribution in [0.2, 0.25) is 0 Å². The maximum absolute atomic E-state index is 13.2. The number of carbonyl (C=O) groups is 1. The van der Waals surface area contributed by atoms with Crippen molar-refractivity contribution in [3.63, 3.8) is 0 Å². The largest absolute Gasteiger partial charge is 0.379 e. The Morgan fingerprint density at radius 3 is 2.73 bits per heavy atom. The lowest BCUT2D eigenvalue weighted by Gasteiger charge is -2.26. The van der Waals surface area contributed by atoms with E-state index < -0.39 is 15.9 Å². The van der Waals surface area contributed by atoms with Gasteiger partial charge < -0.3 is 15.5 Å². The van der Waals surface area contributed by atoms with Gasteiger partial charge in [-0.05, 0) is 24.6 Å². The Morgan fingerprint density at radius 2 is 2.08 bits per heavy atom. The van der Waals surface area contributed by atoms with Crippen molar-refractivity contribution in [1.82, 2.24) is 9.29 Å². The first-order chi connectivity index (χ1) is 12.4. The number of fused-ring (bicyclic) bond motifs is 1. The summed E-state index contributed by atoms with van der Waals surface area (Å²) in [6.45, 7) is 3.16. The molecule has 1 aliphatic rings. The fourth-order valence-electron chi connectivity index (χ4n) is 2.89. The van der Waals surface area contributed by atoms with E-state index in [-0.39, 0.29) is 23.7 Å². The maximum Gasteiger partial charge on any atom is 0.266 e. The lowest BCUT2D eigenvalue weighted by atomic mass is 10.1. The number of aromatic amines is 1. The van der Waals surface area contributed by atoms with Crippen LogP contribution in [0.1, 0.15) is 35.8 Å². The van der Waals surface area contributed by atoms with Crippen LogP contribution < -0.4 is 5.73 Å². The standard InChI is InChI=1S/C18H21N3O4S/c1-2-3-4-5-13-6-7-15-14(12-13)17(16(20-15)18(19)22)26(23,24)21-8-10-25-11-9-21/h6-7,12,20H,2-3,8-11H2,1H3,(H2,19,22). The van der Waals surface area contributed by atoms with Gasteiger partial charge in [0.25, 0.3) is 5.91 Å². The van der Waals surface area contributed by atoms with Gasteiger partial charge in [-0.25, -0.2) is 8.42 Å². The molecule has 2 aromatic rings. The van der Waals surface area contributed by atoms with E-state index in [0.717, 1.165) is 12.8 Å². The van der Waals surface area contributed by atoms with Crippen molar-refractivity contribution in [1.29, 1.82) is 0 Å². The first kappa shape index (κ1) is 18.5. The second-order valence-corrected chi connectivity index (χ2v) is 7.90. The van der Waals surface area contributed by atoms with Crippen LogP contribution in [0, 0.1) is 11.8 Å². The van der Waals surface area contributed by atoms with E-state index >= 15 is 0 Å². The molecule has 7 nitrogen and oxygen atoms in total. The molecule has 1 aromatic heterocycles. The molecule has 0 atom stereocenters. The number of hydrogen-bond acceptors (Lipinski definition) is 4. The summed E-state index contributed by atoms with van der Waals surface area (Å²) in [7, 11) is -3.89. The zero-order valence-corrected chi connectivity index (χ0v) is 15.4. The summed E-state index contributed by atoms with van der Waals surface area (Å²) in [5.74, 6) is 5.25. The van der Waals surface area contributed by atoms with Gasteiger partial charge in [-0.3, -0.25) is 4.79 Å². The molecule has 2 heterocycles. The second-order valence-electron chi connectivity index (χ2n) is 6.02. The minimum atomic E-state index is -3.89. The van der Waals surface area contributed by atoms with Gasteiger partial charge >= 0.3 is 0 Å². The zero-order valence-electron chi connectivity index (χ0n) is 14.5. The molecule has 3 rings (SSSR count). The lowest BCUT2D eigenvalue weighted by molar-refractivity contribution is 0.0730. The summed E-state index contributed by atoms with van der Waals surface area (Å²) < 4.78 is 32.9. The van der Waals surface area contributed by atoms with E-state index in [2.05, 4.69) is 16.8 Å². The topological polar surface area (TPSA) is 105 Å². The Labute approximate surface area is 152 Å². The molecule has 1 amide bonds. The first-order valence-corrected chi connectivity index (χ1v) is 9.91. The number of carbonyl (C=O) groups excluding carboxylic acids is 1. The van der Waals surface area contributed by atoms with E-state index in [9.17, 15) is 13.2 Å². The summed E-state index contributed by atoms with van der Waals surface area (Å²) in [6, 6.07) is 5.20. The Balaban J connectivity index is 2.17. The van der Waals surface area contributed by atoms with Crippen molar-refractivity contribution in [3.05, 3.63) is 29.5 Å². The van der Waals surface area contributed by atoms with Crippen molar-refractivity contribution in [2.45, 2.75) is 24.7 Å². The third-order valence-electron chi connectivity index (χ3n) is 4.17. The van der Waals surface area contributed by atoms with Crippen molar-refractivity contribution in [2.75, 3.05) is 26.3 Å². The summed E-state index contributed by atoms with van der Waals surface area (Å²) in [6.07, 6.45) is 1.71. The molecule has 0 unspecified atom stereocenters. The van der Waals surface area contributed by atoms with Crippen molar-refractivity contribution < 1.29 is 17.9 Å². The van der Waals surface area contributed by atoms with Gasteiger partial charge in [0.05, 0.1) is 13.2 Å². The monoisotopic (exact) mass is 375 g/mol. The van der Waals surface area contributed by atoms with E-state index in [0.29, 0.717) is 29.7 Å². The highest BCUT2D eigenvalue weighted by molar-refractivity contribution is 7.89. The third kappa shape index (κ3) is 3.46. The van der Waals surface area contributed by atoms with Crippen LogP contribution in [0.4, 0.5) is 0 Å². The highest BCUT2D eigenvalue weighted by Gasteiger charge is 2.33. The van der Waals surface area contributed by atoms with Crippen LogP contribution in [-0.4, -0.2) is 49.9 Å². The first-order valence-electron chi connectivity index (χ1n) is 8.47. The second kappa shape index (κ2) is 7.50. The fraction of sp³-hybridized carbons (Fsp3) is 0.389. The van der Waals surface area contributed by atoms with Crippen LogP contribution >= 0.6 is 0 Å². The number of H-pyrrole nitrogens is 1. The molecular formula is C18H21N3O4S. The number of nitrogens with one attached hydrogen (secondary N) is 1. The quantitative estimate of drug-likeness (QED) is 0.789. The van der Waals surface area contributed by atoms with E-state index in [1.807, 2.05) is 6.92 Å². The number of aromatic nitrogens is 1. The molecule has 8 heteroatoms. The number of morpholine rings is 1. The van der Waals surface area contributed by atoms with Crippen LogP contribution in [0.25, 0.3) is 10.9 Å². The number of ether oxygens (including phenoxy) is 1. The summed E-state index contributed by atoms with van der Waals surface area (Å²) >= 11 is 0. The Bertz CT molecular complexity index is 993. The van der Waals surface area contributed by atoms with Gasteiger partial charge in [0.15, 0.2) is 0 Å². The van der Waals surface area contributed by atoms with Crippen molar-refractivity contribution in [3.8, 4) is 11.8 Å². The fourth-order valence-corrected chi connectivity index (χ4v) is 4.64. The predicted molar refractivity (Wildman–Crippen MR) is 98.2 cm³/mol. The summed E-state index contributed by atoms with van der Waals surface area (Å²) in [5, 5.41) is 0.425. The van der Waals surface area contributed by atoms with E-state index in [1.54, 1.807) is 18.2 Å². The molecule has 0 bridgehead atoms. The van der Waals surface area contributed by atoms with Gasteiger partial charge in [0.2, 0.25) is 10.0 Å². The molecular weight excluding hydrogens is 354 g/mol. The average molecular weight is 375 g/mol. The highest BCUT2D eigenvalue weighted by atomic mass is 32.2. The van der Waals surface area contributed by atoms with E-state index in [1.165, 1.54) is 4.31 Å². The Kier molecular flexibility index (Phi) is 5.32. The van der Waals surface area contributed by atoms with Crippen LogP contribution in [0.5, 0.6) is 0 Å². The molecule has 3 N–H and O–H groups in total. The Morgan fingerprint density at radius 1 is 1.35 bits per heavy atom. The molecule has 1 saturated heterocycles. The molecule has 0 spiro atoms. The lowest BCUT2D eigenvalue weighted by Crippen LogP contribution is -2.41. The predicted octanol–water partition coefficient (Wildman–Crippen LogP) is 1.44. The summed E-state index contributed by atoms with van der Waals surface area (Å²) in [5.41, 5.74) is 6.56. The normalized spacial score (nSPS) is 15.6. The minimum Gasteiger partial charge on any atom is -0.379 e. The summed E-state index contributed by atoms with van der Waals surface area (Å²) in [4.78, 5) is 14.6. The van der Waals surface area contributed by atoms with Gasteiger partial charge in [0, 0.05) is 36.0 Å². The number of rotatable bonds is 4. The van der Waals surface area contributed by atoms with Gasteiger partial charge in [-0.1, -0.05) is 18.8 Å². The van der Waals surface area contributed by atoms with Gasteiger partial charge in [0.1, 0.15) is 10.6 Å². The average Bonchev–Trinajstić information content (AvgIpc) is 3.02. The van der Waals surface area contributed by atoms with Crippen molar-refractivity contribution in [2.24, 2.45) is 5.73 Å². The molecule has 1 aromatic carbocycles. The van der Waals surface area contributed by atoms with Crippen LogP contribution in [0.15, 0.2) is 23.1 Å². The SMILES string of the molecule is CCCC#Cc1ccc2[nH]c(C(N)=O)c(S(=O)(=O)N3CCOCC3)c2c1. The molecule has 0 aliphatic carbocycles. The molecule has 26 heavy (non-hydrogen) atoms. The van der Waals surface area contributed by atoms with Crippen molar-refractivity contribution >= 4 is 26.8 Å². The van der Waals surface area contributed by atoms with Gasteiger partial charge in [-0.2, -0.15) is 4.31 Å². The highest BCUT2D eigenvalue weighted by Crippen LogP contribution is 2.30. The number of unbranched alkanes of at least 4 members (excludes halogenated alkanes) is 1. The van der Waals surface area contributed by atoms with Gasteiger partial charge in [-0.15, -0.1) is 0 Å². The van der Waals surface area contributed by atoms with Crippen LogP contribution in [-0.2, 0) is 14.8 Å². The number of primary amides is 1. The molecule has 1 fully saturated rings. The number of sulfonamides is 1. The smallest absolute Gasteiger partial charge is 0.266 e. The number of hydrogen-bond donors (Lipinski definition) is 2. The zero-order chi connectivity index (χ0) is 18.7. The van der Waals surface area contributed by atoms with E-state index in [4.69, 9.17) is 10.5 Å². The minimum absolute atomic E-state index is 0.0824. The number of amides is 1. The molecule has 0 saturated carbocycles. The molecule has 1 aliphatic heterocycles. The Hall–Kier alpha value is -2.34. The number of benzene rings is 1. The molecule has 0 radical (unpaired) electrons. The third-order valence-corrected chi connectivity index (χ3v) is 6.16. The number of nitrogens with two attached hydrogens (primary N) is 1. The molecule has 138 valence electrons. The number of nitrogens with zero attached hydrogens (tertiary/aromatic N) is 1.